The van der Waals surface area contributed by atoms with Crippen molar-refractivity contribution in [3.63, 3.8) is 0 Å². The highest BCUT2D eigenvalue weighted by atomic mass is 32.1. The van der Waals surface area contributed by atoms with Crippen molar-refractivity contribution < 1.29 is 14.4 Å². The highest BCUT2D eigenvalue weighted by molar-refractivity contribution is 7.13. The minimum Gasteiger partial charge on any atom is -0.352 e. The molecule has 3 heterocycles. The minimum absolute atomic E-state index is 0.184. The maximum atomic E-state index is 12.4. The van der Waals surface area contributed by atoms with Crippen LogP contribution < -0.4 is 20.9 Å². The van der Waals surface area contributed by atoms with Gasteiger partial charge in [-0.05, 0) is 37.5 Å². The lowest BCUT2D eigenvalue weighted by molar-refractivity contribution is -0.123. The number of imide groups is 1. The van der Waals surface area contributed by atoms with Gasteiger partial charge in [-0.3, -0.25) is 14.9 Å². The summed E-state index contributed by atoms with van der Waals surface area (Å²) in [6.45, 7) is 4.28. The third-order valence-corrected chi connectivity index (χ3v) is 6.30. The number of anilines is 1. The fraction of sp³-hybridized carbons (Fsp3) is 0.400. The average Bonchev–Trinajstić information content (AvgIpc) is 3.43. The van der Waals surface area contributed by atoms with E-state index in [2.05, 4.69) is 31.2 Å². The monoisotopic (exact) mass is 413 g/mol. The average molecular weight is 414 g/mol. The lowest BCUT2D eigenvalue weighted by Gasteiger charge is -2.21. The Bertz CT molecular complexity index is 936. The number of nitrogens with one attached hydrogen (secondary N) is 3. The molecule has 2 saturated heterocycles. The van der Waals surface area contributed by atoms with Crippen LogP contribution in [0.15, 0.2) is 29.6 Å². The summed E-state index contributed by atoms with van der Waals surface area (Å²) < 4.78 is 0. The number of hydrogen-bond acceptors (Lipinski definition) is 6. The summed E-state index contributed by atoms with van der Waals surface area (Å²) >= 11 is 1.66. The van der Waals surface area contributed by atoms with E-state index < -0.39 is 17.5 Å². The molecule has 2 fully saturated rings. The van der Waals surface area contributed by atoms with E-state index >= 15 is 0 Å². The molecule has 29 heavy (non-hydrogen) atoms. The fourth-order valence-corrected chi connectivity index (χ4v) is 4.49. The van der Waals surface area contributed by atoms with E-state index in [0.29, 0.717) is 24.1 Å². The van der Waals surface area contributed by atoms with Crippen molar-refractivity contribution in [3.8, 4) is 0 Å². The fourth-order valence-electron chi connectivity index (χ4n) is 3.57. The number of carbonyl (C=O) groups is 3. The zero-order valence-corrected chi connectivity index (χ0v) is 17.0. The van der Waals surface area contributed by atoms with Gasteiger partial charge >= 0.3 is 6.03 Å². The van der Waals surface area contributed by atoms with Crippen LogP contribution in [-0.4, -0.2) is 42.5 Å². The Morgan fingerprint density at radius 2 is 1.97 bits per heavy atom. The summed E-state index contributed by atoms with van der Waals surface area (Å²) in [6.07, 6.45) is 3.12. The van der Waals surface area contributed by atoms with E-state index in [9.17, 15) is 14.4 Å². The highest BCUT2D eigenvalue weighted by Crippen LogP contribution is 2.25. The molecule has 1 aromatic heterocycles. The molecule has 0 aliphatic carbocycles. The van der Waals surface area contributed by atoms with E-state index in [4.69, 9.17) is 0 Å². The first-order chi connectivity index (χ1) is 14.0. The van der Waals surface area contributed by atoms with E-state index in [1.165, 1.54) is 12.8 Å². The van der Waals surface area contributed by atoms with Crippen molar-refractivity contribution in [2.24, 2.45) is 0 Å². The summed E-state index contributed by atoms with van der Waals surface area (Å²) in [4.78, 5) is 42.8. The molecular weight excluding hydrogens is 390 g/mol. The number of thiazole rings is 1. The number of hydrogen-bond donors (Lipinski definition) is 3. The van der Waals surface area contributed by atoms with Crippen LogP contribution in [-0.2, 0) is 16.8 Å². The molecule has 2 aromatic rings. The lowest BCUT2D eigenvalue weighted by Crippen LogP contribution is -2.40. The van der Waals surface area contributed by atoms with Gasteiger partial charge in [0, 0.05) is 37.0 Å². The van der Waals surface area contributed by atoms with Crippen molar-refractivity contribution in [2.45, 2.75) is 31.7 Å². The molecule has 0 spiro atoms. The first-order valence-electron chi connectivity index (χ1n) is 9.67. The number of nitrogens with zero attached hydrogens (tertiary/aromatic N) is 2. The normalized spacial score (nSPS) is 21.2. The van der Waals surface area contributed by atoms with Crippen LogP contribution in [0.3, 0.4) is 0 Å². The third kappa shape index (κ3) is 3.95. The molecule has 0 unspecified atom stereocenters. The second-order valence-electron chi connectivity index (χ2n) is 7.43. The number of urea groups is 1. The topological polar surface area (TPSA) is 103 Å². The van der Waals surface area contributed by atoms with Gasteiger partial charge in [-0.15, -0.1) is 11.3 Å². The molecule has 8 nitrogen and oxygen atoms in total. The van der Waals surface area contributed by atoms with Gasteiger partial charge in [0.1, 0.15) is 5.54 Å². The van der Waals surface area contributed by atoms with Crippen LogP contribution in [0.4, 0.5) is 9.93 Å². The SMILES string of the molecule is C[C@]1(c2ccc(C(=O)NCCc3csc(N4CCCC4)n3)cc2)NC(=O)NC1=O. The largest absolute Gasteiger partial charge is 0.352 e. The van der Waals surface area contributed by atoms with Gasteiger partial charge in [0.05, 0.1) is 5.69 Å². The quantitative estimate of drug-likeness (QED) is 0.627. The molecule has 0 radical (unpaired) electrons. The molecule has 1 aromatic carbocycles. The molecule has 2 aliphatic heterocycles. The highest BCUT2D eigenvalue weighted by Gasteiger charge is 2.43. The van der Waals surface area contributed by atoms with Gasteiger partial charge in [-0.1, -0.05) is 12.1 Å². The van der Waals surface area contributed by atoms with Crippen molar-refractivity contribution >= 4 is 34.3 Å². The molecule has 3 N–H and O–H groups in total. The second kappa shape index (κ2) is 7.82. The first-order valence-corrected chi connectivity index (χ1v) is 10.6. The Morgan fingerprint density at radius 3 is 2.62 bits per heavy atom. The zero-order chi connectivity index (χ0) is 20.4. The molecule has 9 heteroatoms. The van der Waals surface area contributed by atoms with Crippen molar-refractivity contribution in [1.82, 2.24) is 20.9 Å². The molecule has 0 saturated carbocycles. The van der Waals surface area contributed by atoms with Crippen LogP contribution in [0.5, 0.6) is 0 Å². The predicted molar refractivity (Wildman–Crippen MR) is 110 cm³/mol. The number of amides is 4. The lowest BCUT2D eigenvalue weighted by atomic mass is 9.91. The molecular formula is C20H23N5O3S. The van der Waals surface area contributed by atoms with Crippen LogP contribution in [0.2, 0.25) is 0 Å². The Hall–Kier alpha value is -2.94. The van der Waals surface area contributed by atoms with Crippen molar-refractivity contribution in [1.29, 1.82) is 0 Å². The smallest absolute Gasteiger partial charge is 0.322 e. The Morgan fingerprint density at radius 1 is 1.24 bits per heavy atom. The van der Waals surface area contributed by atoms with Gasteiger partial charge in [-0.2, -0.15) is 0 Å². The Labute approximate surface area is 172 Å². The summed E-state index contributed by atoms with van der Waals surface area (Å²) in [6, 6.07) is 6.16. The number of carbonyl (C=O) groups excluding carboxylic acids is 3. The number of rotatable bonds is 6. The second-order valence-corrected chi connectivity index (χ2v) is 8.27. The summed E-state index contributed by atoms with van der Waals surface area (Å²) in [5.74, 6) is -0.590. The minimum atomic E-state index is -1.12. The maximum absolute atomic E-state index is 12.4. The maximum Gasteiger partial charge on any atom is 0.322 e. The molecule has 1 atom stereocenters. The number of aromatic nitrogens is 1. The standard InChI is InChI=1S/C20H23N5O3S/c1-20(17(27)23-18(28)24-20)14-6-4-13(5-7-14)16(26)21-9-8-15-12-29-19(22-15)25-10-2-3-11-25/h4-7,12H,2-3,8-11H2,1H3,(H,21,26)(H2,23,24,27,28)/t20-/m1/s1. The summed E-state index contributed by atoms with van der Waals surface area (Å²) in [7, 11) is 0. The van der Waals surface area contributed by atoms with Gasteiger partial charge in [0.2, 0.25) is 0 Å². The van der Waals surface area contributed by atoms with Gasteiger partial charge < -0.3 is 15.5 Å². The van der Waals surface area contributed by atoms with Gasteiger partial charge in [-0.25, -0.2) is 9.78 Å². The first kappa shape index (κ1) is 19.4. The van der Waals surface area contributed by atoms with Crippen LogP contribution in [0.1, 0.15) is 41.4 Å². The molecule has 2 aliphatic rings. The third-order valence-electron chi connectivity index (χ3n) is 5.35. The van der Waals surface area contributed by atoms with Crippen molar-refractivity contribution in [3.05, 3.63) is 46.5 Å². The molecule has 152 valence electrons. The predicted octanol–water partition coefficient (Wildman–Crippen LogP) is 1.77. The molecule has 4 rings (SSSR count). The van der Waals surface area contributed by atoms with E-state index in [-0.39, 0.29) is 5.91 Å². The van der Waals surface area contributed by atoms with Gasteiger partial charge in [0.15, 0.2) is 5.13 Å². The summed E-state index contributed by atoms with van der Waals surface area (Å²) in [5.41, 5.74) is 0.986. The van der Waals surface area contributed by atoms with Crippen molar-refractivity contribution in [2.75, 3.05) is 24.5 Å². The van der Waals surface area contributed by atoms with E-state index in [0.717, 1.165) is 23.9 Å². The Balaban J connectivity index is 1.31. The van der Waals surface area contributed by atoms with Crippen LogP contribution in [0.25, 0.3) is 0 Å². The number of benzene rings is 1. The molecule has 4 amide bonds. The van der Waals surface area contributed by atoms with E-state index in [1.54, 1.807) is 42.5 Å². The van der Waals surface area contributed by atoms with E-state index in [1.807, 2.05) is 0 Å². The van der Waals surface area contributed by atoms with Crippen LogP contribution >= 0.6 is 11.3 Å². The van der Waals surface area contributed by atoms with Crippen LogP contribution in [0, 0.1) is 0 Å². The Kier molecular flexibility index (Phi) is 5.23. The molecule has 0 bridgehead atoms. The zero-order valence-electron chi connectivity index (χ0n) is 16.2. The van der Waals surface area contributed by atoms with Gasteiger partial charge in [0.25, 0.3) is 11.8 Å². The summed E-state index contributed by atoms with van der Waals surface area (Å²) in [5, 5.41) is 10.9.